The molecule has 2 N–H and O–H groups in total. The molecule has 0 aromatic rings. The Balaban J connectivity index is 2.24. The Kier molecular flexibility index (Phi) is 4.98. The van der Waals surface area contributed by atoms with Gasteiger partial charge in [0.1, 0.15) is 0 Å². The molecule has 1 aliphatic rings. The SMILES string of the molecule is CB(O)N=NC(O)CCCN1C(=O)C=CC1=O. The maximum atomic E-state index is 11.2. The monoisotopic (exact) mass is 239 g/mol. The van der Waals surface area contributed by atoms with E-state index in [1.807, 2.05) is 0 Å². The van der Waals surface area contributed by atoms with Gasteiger partial charge in [0.25, 0.3) is 11.8 Å². The zero-order chi connectivity index (χ0) is 12.8. The number of aliphatic hydroxyl groups excluding tert-OH is 1. The Labute approximate surface area is 99.0 Å². The fourth-order valence-corrected chi connectivity index (χ4v) is 1.31. The smallest absolute Gasteiger partial charge is 0.430 e. The third kappa shape index (κ3) is 4.45. The number of carbonyl (C=O) groups excluding carboxylic acids is 2. The van der Waals surface area contributed by atoms with Gasteiger partial charge in [-0.05, 0) is 19.7 Å². The van der Waals surface area contributed by atoms with E-state index >= 15 is 0 Å². The molecule has 0 aromatic carbocycles. The molecule has 0 saturated heterocycles. The molecule has 7 nitrogen and oxygen atoms in total. The summed E-state index contributed by atoms with van der Waals surface area (Å²) in [5.41, 5.74) is 0. The van der Waals surface area contributed by atoms with Crippen LogP contribution in [0.25, 0.3) is 0 Å². The van der Waals surface area contributed by atoms with Gasteiger partial charge in [-0.2, -0.15) is 5.11 Å². The van der Waals surface area contributed by atoms with E-state index in [1.54, 1.807) is 0 Å². The van der Waals surface area contributed by atoms with E-state index in [0.717, 1.165) is 4.90 Å². The summed E-state index contributed by atoms with van der Waals surface area (Å²) < 4.78 is 0. The number of imide groups is 1. The zero-order valence-corrected chi connectivity index (χ0v) is 9.48. The van der Waals surface area contributed by atoms with Crippen LogP contribution in [0.1, 0.15) is 12.8 Å². The molecule has 1 atom stereocenters. The van der Waals surface area contributed by atoms with Crippen molar-refractivity contribution in [1.29, 1.82) is 0 Å². The summed E-state index contributed by atoms with van der Waals surface area (Å²) in [5.74, 6) is -0.676. The molecule has 8 heteroatoms. The molecular formula is C9H14BN3O4. The van der Waals surface area contributed by atoms with Crippen LogP contribution >= 0.6 is 0 Å². The number of carbonyl (C=O) groups is 2. The van der Waals surface area contributed by atoms with Gasteiger partial charge in [0.2, 0.25) is 0 Å². The van der Waals surface area contributed by atoms with E-state index < -0.39 is 13.3 Å². The van der Waals surface area contributed by atoms with Gasteiger partial charge in [-0.3, -0.25) is 14.5 Å². The summed E-state index contributed by atoms with van der Waals surface area (Å²) in [5, 5.41) is 24.9. The van der Waals surface area contributed by atoms with Crippen molar-refractivity contribution in [2.24, 2.45) is 10.1 Å². The second kappa shape index (κ2) is 6.26. The highest BCUT2D eigenvalue weighted by molar-refractivity contribution is 6.45. The van der Waals surface area contributed by atoms with Crippen molar-refractivity contribution < 1.29 is 19.7 Å². The lowest BCUT2D eigenvalue weighted by atomic mass is 9.92. The lowest BCUT2D eigenvalue weighted by Crippen LogP contribution is -2.31. The third-order valence-electron chi connectivity index (χ3n) is 2.11. The molecule has 0 saturated carbocycles. The normalized spacial score (nSPS) is 17.2. The van der Waals surface area contributed by atoms with E-state index in [9.17, 15) is 14.7 Å². The molecule has 2 amide bonds. The Hall–Kier alpha value is -1.54. The fraction of sp³-hybridized carbons (Fsp3) is 0.556. The molecule has 0 spiro atoms. The van der Waals surface area contributed by atoms with Gasteiger partial charge in [0.15, 0.2) is 6.23 Å². The Morgan fingerprint density at radius 3 is 2.53 bits per heavy atom. The number of hydrogen-bond donors (Lipinski definition) is 2. The van der Waals surface area contributed by atoms with E-state index in [0.29, 0.717) is 6.42 Å². The molecule has 0 bridgehead atoms. The predicted molar refractivity (Wildman–Crippen MR) is 59.8 cm³/mol. The molecule has 0 fully saturated rings. The topological polar surface area (TPSA) is 103 Å². The number of amides is 2. The van der Waals surface area contributed by atoms with Gasteiger partial charge in [-0.15, -0.1) is 0 Å². The van der Waals surface area contributed by atoms with Crippen molar-refractivity contribution >= 4 is 18.9 Å². The number of aliphatic hydroxyl groups is 1. The van der Waals surface area contributed by atoms with Crippen LogP contribution < -0.4 is 0 Å². The van der Waals surface area contributed by atoms with Crippen LogP contribution in [0.2, 0.25) is 6.82 Å². The molecule has 0 aliphatic carbocycles. The summed E-state index contributed by atoms with van der Waals surface area (Å²) in [7, 11) is -0.949. The summed E-state index contributed by atoms with van der Waals surface area (Å²) in [6, 6.07) is 0. The highest BCUT2D eigenvalue weighted by Crippen LogP contribution is 2.07. The first-order valence-electron chi connectivity index (χ1n) is 5.30. The first-order valence-corrected chi connectivity index (χ1v) is 5.30. The number of rotatable bonds is 6. The first kappa shape index (κ1) is 13.5. The predicted octanol–water partition coefficient (Wildman–Crippen LogP) is -0.428. The van der Waals surface area contributed by atoms with Crippen LogP contribution in [0, 0.1) is 0 Å². The number of hydrogen-bond acceptors (Lipinski definition) is 6. The van der Waals surface area contributed by atoms with Gasteiger partial charge in [0.05, 0.1) is 0 Å². The lowest BCUT2D eigenvalue weighted by Gasteiger charge is -2.13. The maximum absolute atomic E-state index is 11.2. The molecule has 1 aliphatic heterocycles. The minimum absolute atomic E-state index is 0.242. The fourth-order valence-electron chi connectivity index (χ4n) is 1.31. The highest BCUT2D eigenvalue weighted by Gasteiger charge is 2.22. The lowest BCUT2D eigenvalue weighted by molar-refractivity contribution is -0.136. The van der Waals surface area contributed by atoms with E-state index in [-0.39, 0.29) is 24.8 Å². The molecule has 1 rings (SSSR count). The van der Waals surface area contributed by atoms with Crippen molar-refractivity contribution in [3.05, 3.63) is 12.2 Å². The summed E-state index contributed by atoms with van der Waals surface area (Å²) >= 11 is 0. The third-order valence-corrected chi connectivity index (χ3v) is 2.11. The summed E-state index contributed by atoms with van der Waals surface area (Å²) in [6.07, 6.45) is 2.11. The number of nitrogens with zero attached hydrogens (tertiary/aromatic N) is 3. The molecule has 1 heterocycles. The second-order valence-corrected chi connectivity index (χ2v) is 3.65. The zero-order valence-electron chi connectivity index (χ0n) is 9.48. The van der Waals surface area contributed by atoms with E-state index in [4.69, 9.17) is 5.02 Å². The average molecular weight is 239 g/mol. The molecular weight excluding hydrogens is 225 g/mol. The first-order chi connectivity index (χ1) is 8.00. The summed E-state index contributed by atoms with van der Waals surface area (Å²) in [6.45, 7) is 1.66. The summed E-state index contributed by atoms with van der Waals surface area (Å²) in [4.78, 5) is 23.4. The average Bonchev–Trinajstić information content (AvgIpc) is 2.57. The molecule has 1 unspecified atom stereocenters. The molecule has 17 heavy (non-hydrogen) atoms. The van der Waals surface area contributed by atoms with Crippen LogP contribution in [0.15, 0.2) is 22.3 Å². The second-order valence-electron chi connectivity index (χ2n) is 3.65. The van der Waals surface area contributed by atoms with Crippen molar-refractivity contribution in [2.45, 2.75) is 25.9 Å². The van der Waals surface area contributed by atoms with Crippen molar-refractivity contribution in [1.82, 2.24) is 4.90 Å². The Bertz CT molecular complexity index is 338. The molecule has 92 valence electrons. The van der Waals surface area contributed by atoms with Crippen molar-refractivity contribution in [3.63, 3.8) is 0 Å². The van der Waals surface area contributed by atoms with Gasteiger partial charge >= 0.3 is 7.05 Å². The molecule has 0 aromatic heterocycles. The quantitative estimate of drug-likeness (QED) is 0.373. The van der Waals surface area contributed by atoms with Crippen LogP contribution in [-0.4, -0.2) is 46.7 Å². The minimum Gasteiger partial charge on any atom is -0.430 e. The van der Waals surface area contributed by atoms with Crippen LogP contribution in [0.3, 0.4) is 0 Å². The Morgan fingerprint density at radius 2 is 2.00 bits per heavy atom. The van der Waals surface area contributed by atoms with Crippen LogP contribution in [0.5, 0.6) is 0 Å². The Morgan fingerprint density at radius 1 is 1.41 bits per heavy atom. The van der Waals surface area contributed by atoms with Crippen molar-refractivity contribution in [3.8, 4) is 0 Å². The van der Waals surface area contributed by atoms with Crippen LogP contribution in [0.4, 0.5) is 0 Å². The van der Waals surface area contributed by atoms with Gasteiger partial charge in [0, 0.05) is 18.7 Å². The van der Waals surface area contributed by atoms with Gasteiger partial charge in [-0.1, -0.05) is 0 Å². The standard InChI is InChI=1S/C9H14BN3O4/c1-10(17)12-11-7(14)3-2-6-13-8(15)4-5-9(13)16/h4-5,7,14,17H,2-3,6H2,1H3. The van der Waals surface area contributed by atoms with Gasteiger partial charge < -0.3 is 10.1 Å². The molecule has 0 radical (unpaired) electrons. The van der Waals surface area contributed by atoms with Crippen LogP contribution in [-0.2, 0) is 9.59 Å². The van der Waals surface area contributed by atoms with E-state index in [2.05, 4.69) is 10.1 Å². The van der Waals surface area contributed by atoms with E-state index in [1.165, 1.54) is 19.0 Å². The largest absolute Gasteiger partial charge is 0.450 e. The van der Waals surface area contributed by atoms with Gasteiger partial charge in [-0.25, -0.2) is 5.03 Å². The van der Waals surface area contributed by atoms with Crippen molar-refractivity contribution in [2.75, 3.05) is 6.54 Å². The minimum atomic E-state index is -1.02. The highest BCUT2D eigenvalue weighted by atomic mass is 16.3. The maximum Gasteiger partial charge on any atom is 0.450 e.